The van der Waals surface area contributed by atoms with Crippen molar-refractivity contribution in [2.45, 2.75) is 37.2 Å². The standard InChI is InChI=1S/C18H16F6N2O3S/c1-11-3-4-12(2)15(9-11)30(27,28)26-25-10-13-5-7-14(8-6-13)29-18(23,24)16(19)17(20,21)22/h3-10,16,26H,1-2H3/b25-10-/t16-/m1/s1. The largest absolute Gasteiger partial charge is 0.439 e. The highest BCUT2D eigenvalue weighted by Crippen LogP contribution is 2.36. The number of hydrogen-bond donors (Lipinski definition) is 1. The highest BCUT2D eigenvalue weighted by atomic mass is 32.2. The summed E-state index contributed by atoms with van der Waals surface area (Å²) in [4.78, 5) is 2.02. The van der Waals surface area contributed by atoms with Crippen LogP contribution in [0.3, 0.4) is 0 Å². The average molecular weight is 454 g/mol. The van der Waals surface area contributed by atoms with Crippen molar-refractivity contribution in [3.05, 3.63) is 59.2 Å². The molecular formula is C18H16F6N2O3S. The minimum absolute atomic E-state index is 0.0241. The Morgan fingerprint density at radius 1 is 1.03 bits per heavy atom. The quantitative estimate of drug-likeness (QED) is 0.381. The van der Waals surface area contributed by atoms with E-state index in [4.69, 9.17) is 0 Å². The molecule has 0 fully saturated rings. The number of halogens is 6. The van der Waals surface area contributed by atoms with Crippen LogP contribution in [0.1, 0.15) is 16.7 Å². The molecular weight excluding hydrogens is 438 g/mol. The van der Waals surface area contributed by atoms with E-state index in [0.717, 1.165) is 36.0 Å². The molecule has 2 rings (SSSR count). The molecule has 164 valence electrons. The lowest BCUT2D eigenvalue weighted by molar-refractivity contribution is -0.304. The fraction of sp³-hybridized carbons (Fsp3) is 0.278. The Bertz CT molecular complexity index is 1020. The first kappa shape index (κ1) is 23.5. The molecule has 0 aliphatic rings. The van der Waals surface area contributed by atoms with Crippen LogP contribution >= 0.6 is 0 Å². The van der Waals surface area contributed by atoms with Crippen LogP contribution in [0, 0.1) is 13.8 Å². The summed E-state index contributed by atoms with van der Waals surface area (Å²) in [6.07, 6.45) is -14.4. The van der Waals surface area contributed by atoms with Gasteiger partial charge in [-0.3, -0.25) is 0 Å². The van der Waals surface area contributed by atoms with Crippen LogP contribution in [0.5, 0.6) is 5.75 Å². The Morgan fingerprint density at radius 3 is 2.20 bits per heavy atom. The van der Waals surface area contributed by atoms with Gasteiger partial charge in [0.25, 0.3) is 16.2 Å². The van der Waals surface area contributed by atoms with Crippen molar-refractivity contribution in [1.29, 1.82) is 0 Å². The molecule has 0 aromatic heterocycles. The van der Waals surface area contributed by atoms with Gasteiger partial charge in [0.15, 0.2) is 0 Å². The molecule has 1 atom stereocenters. The number of nitrogens with zero attached hydrogens (tertiary/aromatic N) is 1. The van der Waals surface area contributed by atoms with E-state index in [-0.39, 0.29) is 10.5 Å². The average Bonchev–Trinajstić information content (AvgIpc) is 2.63. The van der Waals surface area contributed by atoms with Crippen molar-refractivity contribution in [2.24, 2.45) is 5.10 Å². The van der Waals surface area contributed by atoms with Crippen molar-refractivity contribution in [2.75, 3.05) is 0 Å². The van der Waals surface area contributed by atoms with Crippen molar-refractivity contribution in [3.8, 4) is 5.75 Å². The molecule has 12 heteroatoms. The third-order valence-corrected chi connectivity index (χ3v) is 5.10. The maximum absolute atomic E-state index is 13.2. The molecule has 2 aromatic carbocycles. The zero-order chi connectivity index (χ0) is 22.7. The second-order valence-electron chi connectivity index (χ2n) is 6.26. The summed E-state index contributed by atoms with van der Waals surface area (Å²) in [5.41, 5.74) is 1.43. The fourth-order valence-electron chi connectivity index (χ4n) is 2.24. The Hall–Kier alpha value is -2.76. The van der Waals surface area contributed by atoms with Gasteiger partial charge >= 0.3 is 12.3 Å². The highest BCUT2D eigenvalue weighted by Gasteiger charge is 2.59. The van der Waals surface area contributed by atoms with Crippen molar-refractivity contribution in [3.63, 3.8) is 0 Å². The van der Waals surface area contributed by atoms with E-state index in [2.05, 4.69) is 9.84 Å². The third kappa shape index (κ3) is 5.88. The van der Waals surface area contributed by atoms with Gasteiger partial charge in [-0.15, -0.1) is 0 Å². The first-order valence-electron chi connectivity index (χ1n) is 8.22. The number of alkyl halides is 6. The smallest absolute Gasteiger partial charge is 0.430 e. The van der Waals surface area contributed by atoms with E-state index in [1.165, 1.54) is 6.07 Å². The van der Waals surface area contributed by atoms with Gasteiger partial charge in [-0.25, -0.2) is 9.22 Å². The van der Waals surface area contributed by atoms with E-state index >= 15 is 0 Å². The molecule has 0 heterocycles. The van der Waals surface area contributed by atoms with Crippen molar-refractivity contribution >= 4 is 16.2 Å². The van der Waals surface area contributed by atoms with Gasteiger partial charge in [0.2, 0.25) is 0 Å². The molecule has 1 N–H and O–H groups in total. The topological polar surface area (TPSA) is 67.8 Å². The molecule has 0 saturated carbocycles. The van der Waals surface area contributed by atoms with E-state index in [9.17, 15) is 34.8 Å². The molecule has 30 heavy (non-hydrogen) atoms. The zero-order valence-electron chi connectivity index (χ0n) is 15.5. The van der Waals surface area contributed by atoms with Crippen molar-refractivity contribution in [1.82, 2.24) is 4.83 Å². The van der Waals surface area contributed by atoms with Crippen LogP contribution in [-0.2, 0) is 10.0 Å². The predicted octanol–water partition coefficient (Wildman–Crippen LogP) is 4.49. The second kappa shape index (κ2) is 8.54. The van der Waals surface area contributed by atoms with Crippen LogP contribution < -0.4 is 9.57 Å². The molecule has 0 radical (unpaired) electrons. The lowest BCUT2D eigenvalue weighted by Gasteiger charge is -2.23. The lowest BCUT2D eigenvalue weighted by atomic mass is 10.2. The second-order valence-corrected chi connectivity index (χ2v) is 7.89. The number of benzene rings is 2. The van der Waals surface area contributed by atoms with Crippen molar-refractivity contribution < 1.29 is 39.5 Å². The molecule has 0 spiro atoms. The third-order valence-electron chi connectivity index (χ3n) is 3.74. The van der Waals surface area contributed by atoms with Crippen LogP contribution in [0.2, 0.25) is 0 Å². The first-order valence-corrected chi connectivity index (χ1v) is 9.70. The molecule has 5 nitrogen and oxygen atoms in total. The molecule has 0 amide bonds. The number of rotatable bonds is 7. The summed E-state index contributed by atoms with van der Waals surface area (Å²) < 4.78 is 104. The minimum Gasteiger partial charge on any atom is -0.430 e. The number of hydrogen-bond acceptors (Lipinski definition) is 4. The van der Waals surface area contributed by atoms with Crippen LogP contribution in [0.25, 0.3) is 0 Å². The fourth-order valence-corrected chi connectivity index (χ4v) is 3.36. The lowest BCUT2D eigenvalue weighted by Crippen LogP contribution is -2.45. The molecule has 0 aliphatic heterocycles. The number of aryl methyl sites for hydroxylation is 2. The number of hydrazone groups is 1. The van der Waals surface area contributed by atoms with E-state index in [0.29, 0.717) is 5.56 Å². The van der Waals surface area contributed by atoms with Gasteiger partial charge in [-0.1, -0.05) is 12.1 Å². The Kier molecular flexibility index (Phi) is 6.70. The minimum atomic E-state index is -5.79. The van der Waals surface area contributed by atoms with E-state index in [1.54, 1.807) is 26.0 Å². The normalized spacial score (nSPS) is 14.0. The van der Waals surface area contributed by atoms with E-state index in [1.807, 2.05) is 4.83 Å². The summed E-state index contributed by atoms with van der Waals surface area (Å²) in [5, 5.41) is 3.56. The molecule has 0 aliphatic carbocycles. The van der Waals surface area contributed by atoms with Gasteiger partial charge in [-0.05, 0) is 60.9 Å². The Balaban J connectivity index is 2.07. The number of sulfonamides is 1. The first-order chi connectivity index (χ1) is 13.7. The molecule has 0 bridgehead atoms. The summed E-state index contributed by atoms with van der Waals surface area (Å²) >= 11 is 0. The SMILES string of the molecule is Cc1ccc(C)c(S(=O)(=O)N/N=C\c2ccc(OC(F)(F)[C@H](F)C(F)(F)F)cc2)c1. The van der Waals surface area contributed by atoms with Crippen LogP contribution in [0.15, 0.2) is 52.5 Å². The summed E-state index contributed by atoms with van der Waals surface area (Å²) in [5.74, 6) is -0.722. The van der Waals surface area contributed by atoms with Gasteiger partial charge in [0.1, 0.15) is 5.75 Å². The number of nitrogens with one attached hydrogen (secondary N) is 1. The van der Waals surface area contributed by atoms with E-state index < -0.39 is 34.2 Å². The molecule has 0 unspecified atom stereocenters. The molecule has 0 saturated heterocycles. The monoisotopic (exact) mass is 454 g/mol. The van der Waals surface area contributed by atoms with Crippen LogP contribution in [-0.4, -0.2) is 33.1 Å². The number of ether oxygens (including phenoxy) is 1. The summed E-state index contributed by atoms with van der Waals surface area (Å²) in [6, 6.07) is 8.77. The van der Waals surface area contributed by atoms with Gasteiger partial charge in [-0.2, -0.15) is 35.5 Å². The van der Waals surface area contributed by atoms with Crippen LogP contribution in [0.4, 0.5) is 26.3 Å². The maximum atomic E-state index is 13.2. The Labute approximate surface area is 168 Å². The molecule has 2 aromatic rings. The van der Waals surface area contributed by atoms with Gasteiger partial charge in [0.05, 0.1) is 11.1 Å². The Morgan fingerprint density at radius 2 is 1.63 bits per heavy atom. The van der Waals surface area contributed by atoms with Gasteiger partial charge < -0.3 is 4.74 Å². The van der Waals surface area contributed by atoms with Gasteiger partial charge in [0, 0.05) is 0 Å². The predicted molar refractivity (Wildman–Crippen MR) is 96.8 cm³/mol. The summed E-state index contributed by atoms with van der Waals surface area (Å²) in [7, 11) is -3.96. The summed E-state index contributed by atoms with van der Waals surface area (Å²) in [6.45, 7) is 3.32. The zero-order valence-corrected chi connectivity index (χ0v) is 16.4. The highest BCUT2D eigenvalue weighted by molar-refractivity contribution is 7.89. The maximum Gasteiger partial charge on any atom is 0.439 e.